The Balaban J connectivity index is 1.67. The molecule has 3 nitrogen and oxygen atoms in total. The number of furan rings is 1. The molecule has 0 radical (unpaired) electrons. The van der Waals surface area contributed by atoms with Crippen LogP contribution >= 0.6 is 11.8 Å². The summed E-state index contributed by atoms with van der Waals surface area (Å²) < 4.78 is 10.9. The Hall–Kier alpha value is -2.46. The minimum Gasteiger partial charge on any atom is -0.456 e. The lowest BCUT2D eigenvalue weighted by atomic mass is 10.1. The van der Waals surface area contributed by atoms with E-state index in [1.807, 2.05) is 54.6 Å². The third kappa shape index (κ3) is 3.66. The third-order valence-electron chi connectivity index (χ3n) is 3.33. The summed E-state index contributed by atoms with van der Waals surface area (Å²) in [6.07, 6.45) is 0. The largest absolute Gasteiger partial charge is 0.456 e. The van der Waals surface area contributed by atoms with Crippen LogP contribution in [0.5, 0.6) is 0 Å². The zero-order chi connectivity index (χ0) is 16.2. The molecule has 0 aliphatic heterocycles. The fraction of sp³-hybridized carbons (Fsp3) is 0.105. The Labute approximate surface area is 138 Å². The second-order valence-electron chi connectivity index (χ2n) is 5.15. The van der Waals surface area contributed by atoms with Gasteiger partial charge < -0.3 is 9.15 Å². The summed E-state index contributed by atoms with van der Waals surface area (Å²) in [6.45, 7) is 5.18. The van der Waals surface area contributed by atoms with Gasteiger partial charge >= 0.3 is 5.97 Å². The number of para-hydroxylation sites is 1. The van der Waals surface area contributed by atoms with Crippen LogP contribution in [-0.2, 0) is 9.53 Å². The quantitative estimate of drug-likeness (QED) is 0.277. The number of carbonyl (C=O) groups is 1. The molecule has 3 rings (SSSR count). The van der Waals surface area contributed by atoms with Crippen LogP contribution in [0, 0.1) is 0 Å². The fourth-order valence-corrected chi connectivity index (χ4v) is 2.74. The lowest BCUT2D eigenvalue weighted by Crippen LogP contribution is -2.03. The van der Waals surface area contributed by atoms with Crippen molar-refractivity contribution in [1.82, 2.24) is 0 Å². The molecule has 0 atom stereocenters. The van der Waals surface area contributed by atoms with Crippen molar-refractivity contribution in [2.45, 2.75) is 11.8 Å². The summed E-state index contributed by atoms with van der Waals surface area (Å²) >= 11 is 1.46. The van der Waals surface area contributed by atoms with Gasteiger partial charge in [0.15, 0.2) is 0 Å². The van der Waals surface area contributed by atoms with Crippen molar-refractivity contribution in [3.8, 4) is 11.3 Å². The average Bonchev–Trinajstić information content (AvgIpc) is 2.99. The average molecular weight is 324 g/mol. The first-order valence-electron chi connectivity index (χ1n) is 7.18. The summed E-state index contributed by atoms with van der Waals surface area (Å²) in [6, 6.07) is 18.0. The molecule has 4 heteroatoms. The monoisotopic (exact) mass is 324 g/mol. The zero-order valence-electron chi connectivity index (χ0n) is 12.7. The van der Waals surface area contributed by atoms with Crippen LogP contribution in [0.3, 0.4) is 0 Å². The summed E-state index contributed by atoms with van der Waals surface area (Å²) in [4.78, 5) is 12.3. The van der Waals surface area contributed by atoms with Gasteiger partial charge in [-0.05, 0) is 31.2 Å². The molecule has 0 aliphatic carbocycles. The van der Waals surface area contributed by atoms with Crippen LogP contribution in [0.1, 0.15) is 6.92 Å². The van der Waals surface area contributed by atoms with Gasteiger partial charge in [0.2, 0.25) is 0 Å². The van der Waals surface area contributed by atoms with Gasteiger partial charge in [0.1, 0.15) is 17.3 Å². The molecule has 0 unspecified atom stereocenters. The number of hydrogen-bond donors (Lipinski definition) is 0. The molecular weight excluding hydrogens is 308 g/mol. The van der Waals surface area contributed by atoms with Crippen LogP contribution in [0.2, 0.25) is 0 Å². The van der Waals surface area contributed by atoms with Gasteiger partial charge in [0, 0.05) is 21.4 Å². The summed E-state index contributed by atoms with van der Waals surface area (Å²) in [5.74, 6) is 0.753. The predicted octanol–water partition coefficient (Wildman–Crippen LogP) is 5.27. The van der Waals surface area contributed by atoms with Gasteiger partial charge in [0.25, 0.3) is 0 Å². The van der Waals surface area contributed by atoms with E-state index in [0.717, 1.165) is 27.2 Å². The molecule has 116 valence electrons. The number of fused-ring (bicyclic) bond motifs is 1. The first kappa shape index (κ1) is 15.4. The maximum Gasteiger partial charge on any atom is 0.333 e. The van der Waals surface area contributed by atoms with Crippen LogP contribution in [0.15, 0.2) is 76.1 Å². The first-order chi connectivity index (χ1) is 11.1. The molecule has 0 bridgehead atoms. The number of ether oxygens (including phenoxy) is 1. The molecule has 0 spiro atoms. The van der Waals surface area contributed by atoms with Gasteiger partial charge in [-0.25, -0.2) is 4.79 Å². The topological polar surface area (TPSA) is 39.4 Å². The Morgan fingerprint density at radius 1 is 1.17 bits per heavy atom. The van der Waals surface area contributed by atoms with Gasteiger partial charge in [-0.15, -0.1) is 0 Å². The summed E-state index contributed by atoms with van der Waals surface area (Å²) in [5.41, 5.74) is 2.31. The minimum absolute atomic E-state index is 0.273. The van der Waals surface area contributed by atoms with E-state index in [0.29, 0.717) is 5.57 Å². The number of hydrogen-bond acceptors (Lipinski definition) is 4. The van der Waals surface area contributed by atoms with Crippen molar-refractivity contribution in [1.29, 1.82) is 0 Å². The lowest BCUT2D eigenvalue weighted by molar-refractivity contribution is -0.136. The molecule has 1 heterocycles. The SMILES string of the molecule is C=C(C)C(=O)OCSc1ccc(-c2cc3ccccc3o2)cc1. The molecule has 0 amide bonds. The lowest BCUT2D eigenvalue weighted by Gasteiger charge is -2.04. The fourth-order valence-electron chi connectivity index (χ4n) is 2.11. The molecule has 0 fully saturated rings. The van der Waals surface area contributed by atoms with Gasteiger partial charge in [-0.2, -0.15) is 0 Å². The molecule has 0 saturated carbocycles. The van der Waals surface area contributed by atoms with Crippen molar-refractivity contribution in [3.63, 3.8) is 0 Å². The van der Waals surface area contributed by atoms with E-state index in [1.54, 1.807) is 6.92 Å². The van der Waals surface area contributed by atoms with Crippen LogP contribution in [0.25, 0.3) is 22.3 Å². The number of carbonyl (C=O) groups excluding carboxylic acids is 1. The predicted molar refractivity (Wildman–Crippen MR) is 93.3 cm³/mol. The zero-order valence-corrected chi connectivity index (χ0v) is 13.6. The highest BCUT2D eigenvalue weighted by Crippen LogP contribution is 2.29. The van der Waals surface area contributed by atoms with Gasteiger partial charge in [-0.1, -0.05) is 48.7 Å². The van der Waals surface area contributed by atoms with E-state index in [-0.39, 0.29) is 11.9 Å². The van der Waals surface area contributed by atoms with Crippen LogP contribution in [0.4, 0.5) is 0 Å². The highest BCUT2D eigenvalue weighted by molar-refractivity contribution is 7.99. The van der Waals surface area contributed by atoms with E-state index in [2.05, 4.69) is 6.58 Å². The van der Waals surface area contributed by atoms with Gasteiger partial charge in [0.05, 0.1) is 0 Å². The van der Waals surface area contributed by atoms with Crippen molar-refractivity contribution in [2.24, 2.45) is 0 Å². The number of esters is 1. The highest BCUT2D eigenvalue weighted by Gasteiger charge is 2.07. The Kier molecular flexibility index (Phi) is 4.53. The van der Waals surface area contributed by atoms with Crippen molar-refractivity contribution >= 4 is 28.7 Å². The molecule has 1 aromatic heterocycles. The van der Waals surface area contributed by atoms with E-state index in [9.17, 15) is 4.79 Å². The smallest absolute Gasteiger partial charge is 0.333 e. The number of rotatable bonds is 5. The Morgan fingerprint density at radius 2 is 1.91 bits per heavy atom. The van der Waals surface area contributed by atoms with E-state index in [4.69, 9.17) is 9.15 Å². The molecular formula is C19H16O3S. The highest BCUT2D eigenvalue weighted by atomic mass is 32.2. The minimum atomic E-state index is -0.364. The molecule has 2 aromatic carbocycles. The second kappa shape index (κ2) is 6.75. The van der Waals surface area contributed by atoms with Gasteiger partial charge in [-0.3, -0.25) is 0 Å². The standard InChI is InChI=1S/C19H16O3S/c1-13(2)19(20)21-12-23-16-9-7-14(8-10-16)18-11-15-5-3-4-6-17(15)22-18/h3-11H,1,12H2,2H3. The Morgan fingerprint density at radius 3 is 2.61 bits per heavy atom. The molecule has 23 heavy (non-hydrogen) atoms. The van der Waals surface area contributed by atoms with Crippen LogP contribution < -0.4 is 0 Å². The van der Waals surface area contributed by atoms with Crippen molar-refractivity contribution < 1.29 is 13.9 Å². The van der Waals surface area contributed by atoms with Crippen LogP contribution in [-0.4, -0.2) is 11.9 Å². The maximum atomic E-state index is 11.3. The molecule has 0 saturated heterocycles. The number of thioether (sulfide) groups is 1. The third-order valence-corrected chi connectivity index (χ3v) is 4.17. The molecule has 0 N–H and O–H groups in total. The van der Waals surface area contributed by atoms with Crippen molar-refractivity contribution in [3.05, 3.63) is 66.7 Å². The Bertz CT molecular complexity index is 813. The van der Waals surface area contributed by atoms with Crippen molar-refractivity contribution in [2.75, 3.05) is 5.94 Å². The normalized spacial score (nSPS) is 10.7. The molecule has 3 aromatic rings. The van der Waals surface area contributed by atoms with E-state index < -0.39 is 0 Å². The number of benzene rings is 2. The van der Waals surface area contributed by atoms with E-state index in [1.165, 1.54) is 11.8 Å². The van der Waals surface area contributed by atoms with E-state index >= 15 is 0 Å². The first-order valence-corrected chi connectivity index (χ1v) is 8.16. The summed E-state index contributed by atoms with van der Waals surface area (Å²) in [7, 11) is 0. The maximum absolute atomic E-state index is 11.3. The molecule has 0 aliphatic rings. The summed E-state index contributed by atoms with van der Waals surface area (Å²) in [5, 5.41) is 1.09. The second-order valence-corrected chi connectivity index (χ2v) is 6.14.